The third kappa shape index (κ3) is 6.18. The number of aromatic nitrogens is 2. The van der Waals surface area contributed by atoms with Crippen molar-refractivity contribution in [2.24, 2.45) is 0 Å². The van der Waals surface area contributed by atoms with Gasteiger partial charge in [-0.2, -0.15) is 18.2 Å². The summed E-state index contributed by atoms with van der Waals surface area (Å²) in [7, 11) is 1.32. The molecule has 12 nitrogen and oxygen atoms in total. The van der Waals surface area contributed by atoms with Gasteiger partial charge >= 0.3 is 12.2 Å². The third-order valence-electron chi connectivity index (χ3n) is 4.39. The highest BCUT2D eigenvalue weighted by atomic mass is 19.4. The molecule has 0 unspecified atom stereocenters. The zero-order valence-corrected chi connectivity index (χ0v) is 17.6. The topological polar surface area (TPSA) is 168 Å². The second kappa shape index (κ2) is 9.13. The first kappa shape index (κ1) is 25.1. The number of nitrogens with zero attached hydrogens (tertiary/aromatic N) is 5. The van der Waals surface area contributed by atoms with Crippen LogP contribution in [-0.2, 0) is 6.18 Å². The number of carbonyl (C=O) groups is 2. The van der Waals surface area contributed by atoms with Crippen molar-refractivity contribution in [3.63, 3.8) is 0 Å². The minimum absolute atomic E-state index is 0.0313. The molecule has 1 saturated heterocycles. The number of halogens is 3. The Kier molecular flexibility index (Phi) is 6.95. The Morgan fingerprint density at radius 3 is 2.48 bits per heavy atom. The molecular formula is C18H20F3N7O5. The first-order valence-electron chi connectivity index (χ1n) is 9.13. The van der Waals surface area contributed by atoms with Crippen LogP contribution in [0.15, 0.2) is 30.5 Å². The summed E-state index contributed by atoms with van der Waals surface area (Å²) in [5, 5.41) is 16.4. The van der Waals surface area contributed by atoms with Crippen LogP contribution in [0.5, 0.6) is 0 Å². The summed E-state index contributed by atoms with van der Waals surface area (Å²) in [6.45, 7) is 3.97. The highest BCUT2D eigenvalue weighted by Crippen LogP contribution is 2.32. The molecule has 0 bridgehead atoms. The molecule has 0 atom stereocenters. The minimum atomic E-state index is -4.53. The Bertz CT molecular complexity index is 1070. The lowest BCUT2D eigenvalue weighted by Gasteiger charge is -2.20. The van der Waals surface area contributed by atoms with Gasteiger partial charge in [-0.15, -0.1) is 10.1 Å². The molecule has 15 heteroatoms. The van der Waals surface area contributed by atoms with E-state index in [0.29, 0.717) is 6.54 Å². The Morgan fingerprint density at radius 1 is 1.39 bits per heavy atom. The van der Waals surface area contributed by atoms with Crippen molar-refractivity contribution >= 4 is 29.4 Å². The van der Waals surface area contributed by atoms with Gasteiger partial charge in [0.2, 0.25) is 5.95 Å². The number of benzene rings is 1. The number of nitrogens with one attached hydrogen (secondary N) is 1. The molecule has 0 spiro atoms. The number of alkyl halides is 3. The zero-order chi connectivity index (χ0) is 25.1. The summed E-state index contributed by atoms with van der Waals surface area (Å²) in [6.07, 6.45) is -3.38. The van der Waals surface area contributed by atoms with Crippen molar-refractivity contribution in [3.05, 3.63) is 51.7 Å². The molecule has 3 amide bonds. The van der Waals surface area contributed by atoms with Gasteiger partial charge in [-0.1, -0.05) is 6.07 Å². The van der Waals surface area contributed by atoms with E-state index in [0.717, 1.165) is 23.2 Å². The molecular weight excluding hydrogens is 451 g/mol. The number of hydrogen-bond acceptors (Lipinski definition) is 7. The van der Waals surface area contributed by atoms with E-state index in [-0.39, 0.29) is 23.0 Å². The third-order valence-corrected chi connectivity index (χ3v) is 4.39. The molecule has 178 valence electrons. The van der Waals surface area contributed by atoms with Crippen LogP contribution in [0.4, 0.5) is 35.4 Å². The fraction of sp³-hybridized carbons (Fsp3) is 0.333. The van der Waals surface area contributed by atoms with Crippen LogP contribution in [0.3, 0.4) is 0 Å². The van der Waals surface area contributed by atoms with Crippen LogP contribution >= 0.6 is 0 Å². The number of carbonyl (C=O) groups excluding carboxylic acids is 2. The highest BCUT2D eigenvalue weighted by Gasteiger charge is 2.37. The van der Waals surface area contributed by atoms with E-state index in [1.54, 1.807) is 0 Å². The standard InChI is InChI=1S/C18H19F3N6O2.HNO3/c1-17(2)9-27(16(29)25-17)15-23-8-12(13(22)24-15)14(28)26(3)11-6-4-5-10(7-11)18(19,20)21;2-1(3)4/h4-8H,9H2,1-3H3,(H,25,29)(H2,22,23,24);(H,2,3,4). The monoisotopic (exact) mass is 471 g/mol. The molecule has 0 radical (unpaired) electrons. The SMILES string of the molecule is CN(C(=O)c1cnc(N2CC(C)(C)NC2=O)nc1N)c1cccc(C(F)(F)F)c1.O=[N+]([O-])O. The van der Waals surface area contributed by atoms with Crippen LogP contribution in [-0.4, -0.2) is 51.3 Å². The van der Waals surface area contributed by atoms with E-state index in [1.165, 1.54) is 24.1 Å². The van der Waals surface area contributed by atoms with Crippen molar-refractivity contribution < 1.29 is 33.1 Å². The summed E-state index contributed by atoms with van der Waals surface area (Å²) in [6, 6.07) is 3.96. The smallest absolute Gasteiger partial charge is 0.383 e. The Hall–Kier alpha value is -4.17. The summed E-state index contributed by atoms with van der Waals surface area (Å²) in [5.74, 6) is -0.834. The van der Waals surface area contributed by atoms with Crippen molar-refractivity contribution in [3.8, 4) is 0 Å². The molecule has 2 aromatic rings. The van der Waals surface area contributed by atoms with E-state index in [4.69, 9.17) is 21.1 Å². The van der Waals surface area contributed by atoms with Crippen LogP contribution < -0.4 is 20.9 Å². The molecule has 0 saturated carbocycles. The van der Waals surface area contributed by atoms with Crippen LogP contribution in [0.25, 0.3) is 0 Å². The Morgan fingerprint density at radius 2 is 2.00 bits per heavy atom. The van der Waals surface area contributed by atoms with Crippen LogP contribution in [0, 0.1) is 10.1 Å². The predicted molar refractivity (Wildman–Crippen MR) is 109 cm³/mol. The average molecular weight is 471 g/mol. The lowest BCUT2D eigenvalue weighted by Crippen LogP contribution is -2.36. The maximum absolute atomic E-state index is 12.9. The normalized spacial score (nSPS) is 14.7. The van der Waals surface area contributed by atoms with Crippen molar-refractivity contribution in [2.75, 3.05) is 29.1 Å². The van der Waals surface area contributed by atoms with Crippen LogP contribution in [0.2, 0.25) is 0 Å². The lowest BCUT2D eigenvalue weighted by atomic mass is 10.1. The number of nitrogens with two attached hydrogens (primary N) is 1. The molecule has 1 fully saturated rings. The number of hydrogen-bond donors (Lipinski definition) is 3. The maximum Gasteiger partial charge on any atom is 0.416 e. The number of nitrogen functional groups attached to an aromatic ring is 1. The molecule has 2 heterocycles. The van der Waals surface area contributed by atoms with Gasteiger partial charge in [-0.25, -0.2) is 9.78 Å². The molecule has 3 rings (SSSR count). The van der Waals surface area contributed by atoms with E-state index >= 15 is 0 Å². The van der Waals surface area contributed by atoms with Gasteiger partial charge in [0.15, 0.2) is 0 Å². The quantitative estimate of drug-likeness (QED) is 0.453. The zero-order valence-electron chi connectivity index (χ0n) is 17.6. The van der Waals surface area contributed by atoms with Crippen molar-refractivity contribution in [2.45, 2.75) is 25.6 Å². The van der Waals surface area contributed by atoms with Gasteiger partial charge in [0.05, 0.1) is 17.6 Å². The highest BCUT2D eigenvalue weighted by molar-refractivity contribution is 6.08. The number of urea groups is 1. The molecule has 1 aromatic carbocycles. The Balaban J connectivity index is 0.000000890. The van der Waals surface area contributed by atoms with Gasteiger partial charge in [-0.05, 0) is 32.0 Å². The molecule has 0 aliphatic carbocycles. The summed E-state index contributed by atoms with van der Waals surface area (Å²) >= 11 is 0. The van der Waals surface area contributed by atoms with Gasteiger partial charge in [0, 0.05) is 18.9 Å². The second-order valence-electron chi connectivity index (χ2n) is 7.52. The Labute approximate surface area is 184 Å². The largest absolute Gasteiger partial charge is 0.416 e. The first-order chi connectivity index (χ1) is 15.1. The fourth-order valence-corrected chi connectivity index (χ4v) is 2.89. The molecule has 1 aliphatic rings. The van der Waals surface area contributed by atoms with Gasteiger partial charge < -0.3 is 21.2 Å². The molecule has 4 N–H and O–H groups in total. The molecule has 1 aromatic heterocycles. The second-order valence-corrected chi connectivity index (χ2v) is 7.52. The van der Waals surface area contributed by atoms with E-state index in [1.807, 2.05) is 13.8 Å². The van der Waals surface area contributed by atoms with Crippen molar-refractivity contribution in [1.82, 2.24) is 15.3 Å². The molecule has 1 aliphatic heterocycles. The van der Waals surface area contributed by atoms with Crippen LogP contribution in [0.1, 0.15) is 29.8 Å². The minimum Gasteiger partial charge on any atom is -0.383 e. The summed E-state index contributed by atoms with van der Waals surface area (Å²) in [5.41, 5.74) is 4.47. The number of amides is 3. The molecule has 33 heavy (non-hydrogen) atoms. The van der Waals surface area contributed by atoms with Gasteiger partial charge in [0.1, 0.15) is 11.4 Å². The van der Waals surface area contributed by atoms with Gasteiger partial charge in [0.25, 0.3) is 11.0 Å². The number of anilines is 3. The average Bonchev–Trinajstić information content (AvgIpc) is 2.98. The first-order valence-corrected chi connectivity index (χ1v) is 9.13. The fourth-order valence-electron chi connectivity index (χ4n) is 2.89. The number of rotatable bonds is 3. The van der Waals surface area contributed by atoms with Gasteiger partial charge in [-0.3, -0.25) is 9.69 Å². The van der Waals surface area contributed by atoms with E-state index in [9.17, 15) is 22.8 Å². The van der Waals surface area contributed by atoms with E-state index in [2.05, 4.69) is 15.3 Å². The maximum atomic E-state index is 12.9. The summed E-state index contributed by atoms with van der Waals surface area (Å²) in [4.78, 5) is 43.5. The van der Waals surface area contributed by atoms with E-state index < -0.39 is 34.3 Å². The summed E-state index contributed by atoms with van der Waals surface area (Å²) < 4.78 is 38.8. The van der Waals surface area contributed by atoms with Crippen molar-refractivity contribution in [1.29, 1.82) is 0 Å². The predicted octanol–water partition coefficient (Wildman–Crippen LogP) is 2.31. The lowest BCUT2D eigenvalue weighted by molar-refractivity contribution is -0.742.